The van der Waals surface area contributed by atoms with Crippen molar-refractivity contribution >= 4 is 94.9 Å². The van der Waals surface area contributed by atoms with Crippen molar-refractivity contribution in [3.05, 3.63) is 151 Å². The summed E-state index contributed by atoms with van der Waals surface area (Å²) < 4.78 is 19.9. The SMILES string of the molecule is CC(/C=C(/C)[N-]c1c(C)cccc1C)=[NH+]c1c(C)cccc1C.CC(/C=C(/C)[N-]c1c(C)cccc1C)=[NH+]c1c(C)cccc1C.CC1(C)OB([O-])OC1(C)C.CC1(C)OB([O-])OC1(C)C.[Mg+2].[Mg+2]. The van der Waals surface area contributed by atoms with Crippen LogP contribution in [0, 0.1) is 55.4 Å². The Labute approximate surface area is 443 Å². The van der Waals surface area contributed by atoms with E-state index in [0.717, 1.165) is 34.2 Å². The van der Waals surface area contributed by atoms with Crippen LogP contribution in [0.25, 0.3) is 10.6 Å². The molecule has 6 rings (SSSR count). The Kier molecular flexibility index (Phi) is 24.7. The molecule has 0 atom stereocenters. The first-order valence-corrected chi connectivity index (χ1v) is 22.8. The minimum absolute atomic E-state index is 0. The molecule has 68 heavy (non-hydrogen) atoms. The fraction of sp³-hybridized carbons (Fsp3) is 0.444. The Morgan fingerprint density at radius 2 is 0.632 bits per heavy atom. The molecule has 10 nitrogen and oxygen atoms in total. The molecular formula is C54H76B2Mg2N4O6+2. The van der Waals surface area contributed by atoms with Crippen LogP contribution in [0.15, 0.2) is 96.3 Å². The zero-order valence-electron chi connectivity index (χ0n) is 45.0. The normalized spacial score (nSPS) is 17.0. The van der Waals surface area contributed by atoms with Crippen LogP contribution in [0.5, 0.6) is 0 Å². The molecule has 0 spiro atoms. The van der Waals surface area contributed by atoms with Gasteiger partial charge in [-0.3, -0.25) is 0 Å². The average molecular weight is 947 g/mol. The fourth-order valence-electron chi connectivity index (χ4n) is 7.08. The van der Waals surface area contributed by atoms with Gasteiger partial charge in [0.15, 0.2) is 11.4 Å². The number of para-hydroxylation sites is 4. The van der Waals surface area contributed by atoms with E-state index < -0.39 is 37.0 Å². The number of aryl methyl sites for hydroxylation is 8. The topological polar surface area (TPSA) is 139 Å². The van der Waals surface area contributed by atoms with E-state index in [1.54, 1.807) is 0 Å². The fourth-order valence-corrected chi connectivity index (χ4v) is 7.08. The molecule has 0 bridgehead atoms. The van der Waals surface area contributed by atoms with Crippen molar-refractivity contribution in [2.75, 3.05) is 0 Å². The third-order valence-electron chi connectivity index (χ3n) is 12.4. The zero-order chi connectivity index (χ0) is 49.9. The van der Waals surface area contributed by atoms with Gasteiger partial charge >= 0.3 is 60.7 Å². The number of nitrogens with zero attached hydrogens (tertiary/aromatic N) is 2. The molecule has 14 heteroatoms. The van der Waals surface area contributed by atoms with Crippen LogP contribution in [-0.2, 0) is 18.6 Å². The summed E-state index contributed by atoms with van der Waals surface area (Å²) >= 11 is 0. The molecule has 0 amide bonds. The first kappa shape index (κ1) is 62.7. The number of allylic oxidation sites excluding steroid dienone is 4. The Balaban J connectivity index is 0.000000480. The predicted octanol–water partition coefficient (Wildman–Crippen LogP) is 8.51. The van der Waals surface area contributed by atoms with E-state index in [9.17, 15) is 10.0 Å². The van der Waals surface area contributed by atoms with Gasteiger partial charge in [-0.1, -0.05) is 109 Å². The number of rotatable bonds is 8. The van der Waals surface area contributed by atoms with E-state index in [1.807, 2.05) is 69.2 Å². The zero-order valence-corrected chi connectivity index (χ0v) is 47.8. The Bertz CT molecular complexity index is 2150. The molecule has 0 aliphatic carbocycles. The first-order chi connectivity index (χ1) is 30.5. The summed E-state index contributed by atoms with van der Waals surface area (Å²) in [5, 5.41) is 31.0. The van der Waals surface area contributed by atoms with Crippen molar-refractivity contribution in [2.24, 2.45) is 0 Å². The molecule has 2 N–H and O–H groups in total. The Hall–Kier alpha value is -3.28. The molecule has 4 aromatic rings. The smallest absolute Gasteiger partial charge is 0.832 e. The molecule has 0 saturated carbocycles. The van der Waals surface area contributed by atoms with E-state index in [2.05, 4.69) is 164 Å². The van der Waals surface area contributed by atoms with Crippen molar-refractivity contribution < 1.29 is 38.7 Å². The Morgan fingerprint density at radius 3 is 0.824 bits per heavy atom. The summed E-state index contributed by atoms with van der Waals surface area (Å²) in [5.41, 5.74) is 16.6. The molecule has 0 radical (unpaired) electrons. The van der Waals surface area contributed by atoms with Crippen LogP contribution in [0.3, 0.4) is 0 Å². The van der Waals surface area contributed by atoms with E-state index >= 15 is 0 Å². The Morgan fingerprint density at radius 1 is 0.426 bits per heavy atom. The van der Waals surface area contributed by atoms with Crippen molar-refractivity contribution in [2.45, 2.75) is 161 Å². The van der Waals surface area contributed by atoms with Crippen molar-refractivity contribution in [1.29, 1.82) is 0 Å². The van der Waals surface area contributed by atoms with E-state index in [0.29, 0.717) is 0 Å². The van der Waals surface area contributed by atoms with Crippen LogP contribution in [0.2, 0.25) is 0 Å². The number of nitrogens with one attached hydrogen (secondary N) is 2. The van der Waals surface area contributed by atoms with Gasteiger partial charge in [-0.15, -0.1) is 11.4 Å². The van der Waals surface area contributed by atoms with Crippen LogP contribution < -0.4 is 20.0 Å². The minimum atomic E-state index is -1.31. The molecule has 2 heterocycles. The first-order valence-electron chi connectivity index (χ1n) is 22.8. The molecular weight excluding hydrogens is 871 g/mol. The third-order valence-corrected chi connectivity index (χ3v) is 12.4. The standard InChI is InChI=1S/2C21H25N2.2C6H12BO3.2Mg/c2*1-14-9-7-10-15(2)20(14)22-18(5)13-19(6)23-21-16(3)11-8-12-17(21)4;2*1-5(2)6(3,4)10-7(8)9-5;;/h2*7-13H,1-6H3;2*1-4H3;;/q4*-1;2*+2/p+2/b2*18-13-,23-19?;;;;. The summed E-state index contributed by atoms with van der Waals surface area (Å²) in [7, 11) is -2.63. The van der Waals surface area contributed by atoms with Crippen molar-refractivity contribution in [1.82, 2.24) is 0 Å². The molecule has 2 fully saturated rings. The minimum Gasteiger partial charge on any atom is -0.832 e. The second-order valence-electron chi connectivity index (χ2n) is 19.5. The van der Waals surface area contributed by atoms with Crippen LogP contribution in [0.4, 0.5) is 22.7 Å². The van der Waals surface area contributed by atoms with Gasteiger partial charge in [0, 0.05) is 36.1 Å². The van der Waals surface area contributed by atoms with Gasteiger partial charge in [0.25, 0.3) is 0 Å². The van der Waals surface area contributed by atoms with Crippen molar-refractivity contribution in [3.8, 4) is 0 Å². The monoisotopic (exact) mass is 947 g/mol. The van der Waals surface area contributed by atoms with Crippen LogP contribution >= 0.6 is 0 Å². The largest absolute Gasteiger partial charge is 2.00 e. The van der Waals surface area contributed by atoms with E-state index in [1.165, 1.54) is 55.9 Å². The summed E-state index contributed by atoms with van der Waals surface area (Å²) in [6.45, 7) is 40.0. The van der Waals surface area contributed by atoms with Gasteiger partial charge in [-0.25, -0.2) is 9.98 Å². The van der Waals surface area contributed by atoms with Crippen LogP contribution in [-0.4, -0.2) is 94.6 Å². The molecule has 0 unspecified atom stereocenters. The summed E-state index contributed by atoms with van der Waals surface area (Å²) in [6.07, 6.45) is 4.19. The van der Waals surface area contributed by atoms with Gasteiger partial charge in [0.1, 0.15) is 0 Å². The van der Waals surface area contributed by atoms with E-state index in [4.69, 9.17) is 29.3 Å². The van der Waals surface area contributed by atoms with Gasteiger partial charge in [-0.05, 0) is 123 Å². The molecule has 2 aliphatic rings. The van der Waals surface area contributed by atoms with Crippen LogP contribution in [0.1, 0.15) is 128 Å². The third kappa shape index (κ3) is 18.2. The summed E-state index contributed by atoms with van der Waals surface area (Å²) in [4.78, 5) is 7.01. The molecule has 0 aromatic heterocycles. The van der Waals surface area contributed by atoms with Crippen molar-refractivity contribution in [3.63, 3.8) is 0 Å². The quantitative estimate of drug-likeness (QED) is 0.134. The predicted molar refractivity (Wildman–Crippen MR) is 283 cm³/mol. The second-order valence-corrected chi connectivity index (χ2v) is 19.5. The second kappa shape index (κ2) is 26.8. The molecule has 2 aliphatic heterocycles. The average Bonchev–Trinajstić information content (AvgIpc) is 3.50. The number of hydrogen-bond acceptors (Lipinski definition) is 6. The van der Waals surface area contributed by atoms with E-state index in [-0.39, 0.29) is 46.1 Å². The van der Waals surface area contributed by atoms with Gasteiger partial charge in [-0.2, -0.15) is 11.4 Å². The molecule has 2 saturated heterocycles. The maximum absolute atomic E-state index is 10.7. The number of hydrogen-bond donors (Lipinski definition) is 2. The van der Waals surface area contributed by atoms with Gasteiger partial charge in [0.05, 0.1) is 22.4 Å². The number of benzene rings is 4. The molecule has 356 valence electrons. The summed E-state index contributed by atoms with van der Waals surface area (Å²) in [6, 6.07) is 25.2. The maximum atomic E-state index is 10.7. The van der Waals surface area contributed by atoms with Gasteiger partial charge in [0.2, 0.25) is 11.4 Å². The van der Waals surface area contributed by atoms with Gasteiger partial charge < -0.3 is 39.3 Å². The maximum Gasteiger partial charge on any atom is 2.00 e. The molecule has 4 aromatic carbocycles. The summed E-state index contributed by atoms with van der Waals surface area (Å²) in [5.74, 6) is 0.